The van der Waals surface area contributed by atoms with Crippen LogP contribution < -0.4 is 4.90 Å². The van der Waals surface area contributed by atoms with Gasteiger partial charge in [0, 0.05) is 12.1 Å². The molecule has 2 aliphatic heterocycles. The SMILES string of the molecule is CCC1=C2[C@@H](CC/C(=C/c3ccc(O)cc3)c3ccccc3)OB(O)C[C@@H]2[C@@H]2C(=O)N(c3cccc([N+](=O)[O-])c3)C(=O)[C@@H]2C1. The molecule has 224 valence electrons. The van der Waals surface area contributed by atoms with E-state index in [1.165, 1.54) is 18.2 Å². The maximum absolute atomic E-state index is 13.9. The van der Waals surface area contributed by atoms with Crippen molar-refractivity contribution in [2.75, 3.05) is 4.90 Å². The Balaban J connectivity index is 1.31. The van der Waals surface area contributed by atoms with Gasteiger partial charge >= 0.3 is 7.12 Å². The van der Waals surface area contributed by atoms with Crippen LogP contribution in [0.5, 0.6) is 5.75 Å². The summed E-state index contributed by atoms with van der Waals surface area (Å²) in [6.07, 6.45) is 4.10. The Morgan fingerprint density at radius 1 is 1.05 bits per heavy atom. The van der Waals surface area contributed by atoms with Crippen molar-refractivity contribution in [3.63, 3.8) is 0 Å². The normalized spacial score (nSPS) is 23.5. The molecule has 2 N–H and O–H groups in total. The maximum Gasteiger partial charge on any atom is 0.455 e. The molecule has 2 amide bonds. The third-order valence-electron chi connectivity index (χ3n) is 9.09. The van der Waals surface area contributed by atoms with E-state index in [1.807, 2.05) is 49.4 Å². The topological polar surface area (TPSA) is 130 Å². The highest BCUT2D eigenvalue weighted by molar-refractivity contribution is 6.43. The fourth-order valence-electron chi connectivity index (χ4n) is 7.11. The number of fused-ring (bicyclic) bond motifs is 3. The molecule has 0 saturated carbocycles. The number of benzene rings is 3. The monoisotopic (exact) mass is 592 g/mol. The molecule has 2 saturated heterocycles. The number of imide groups is 1. The minimum absolute atomic E-state index is 0.192. The van der Waals surface area contributed by atoms with Crippen molar-refractivity contribution >= 4 is 42.0 Å². The van der Waals surface area contributed by atoms with Crippen molar-refractivity contribution in [2.24, 2.45) is 17.8 Å². The first-order chi connectivity index (χ1) is 21.2. The predicted molar refractivity (Wildman–Crippen MR) is 167 cm³/mol. The van der Waals surface area contributed by atoms with Gasteiger partial charge in [-0.25, -0.2) is 4.90 Å². The van der Waals surface area contributed by atoms with Crippen molar-refractivity contribution in [1.82, 2.24) is 0 Å². The van der Waals surface area contributed by atoms with E-state index in [1.54, 1.807) is 18.2 Å². The number of hydrogen-bond donors (Lipinski definition) is 2. The first kappa shape index (κ1) is 29.5. The smallest absolute Gasteiger partial charge is 0.455 e. The fourth-order valence-corrected chi connectivity index (χ4v) is 7.11. The third-order valence-corrected chi connectivity index (χ3v) is 9.09. The van der Waals surface area contributed by atoms with Gasteiger partial charge in [0.25, 0.3) is 5.69 Å². The average molecular weight is 592 g/mol. The summed E-state index contributed by atoms with van der Waals surface area (Å²) in [6, 6.07) is 22.6. The summed E-state index contributed by atoms with van der Waals surface area (Å²) in [5.41, 5.74) is 5.12. The summed E-state index contributed by atoms with van der Waals surface area (Å²) in [7, 11) is -1.10. The highest BCUT2D eigenvalue weighted by Gasteiger charge is 2.57. The highest BCUT2D eigenvalue weighted by atomic mass is 16.6. The molecule has 3 aliphatic rings. The van der Waals surface area contributed by atoms with E-state index in [9.17, 15) is 29.8 Å². The van der Waals surface area contributed by atoms with E-state index in [2.05, 4.69) is 6.08 Å². The molecular formula is C34H33BN2O7. The number of phenols is 1. The first-order valence-electron chi connectivity index (χ1n) is 15.0. The zero-order valence-corrected chi connectivity index (χ0v) is 24.3. The Labute approximate surface area is 255 Å². The molecule has 0 unspecified atom stereocenters. The van der Waals surface area contributed by atoms with Crippen LogP contribution in [0.1, 0.15) is 43.7 Å². The van der Waals surface area contributed by atoms with Gasteiger partial charge in [0.15, 0.2) is 0 Å². The lowest BCUT2D eigenvalue weighted by Gasteiger charge is -2.43. The van der Waals surface area contributed by atoms with Crippen LogP contribution in [-0.4, -0.2) is 40.1 Å². The summed E-state index contributed by atoms with van der Waals surface area (Å²) in [6.45, 7) is 2.03. The molecular weight excluding hydrogens is 559 g/mol. The van der Waals surface area contributed by atoms with Gasteiger partial charge in [0.05, 0.1) is 28.6 Å². The second kappa shape index (κ2) is 12.2. The standard InChI is InChI=1S/C34H33BN2O7/c1-2-22-18-28-32(34(40)36(33(28)39)25-9-6-10-26(19-25)37(42)43)29-20-35(41)44-30(31(22)29)16-13-24(23-7-4-3-5-8-23)17-21-11-14-27(38)15-12-21/h3-12,14-15,17,19,28-30,32,38,41H,2,13,16,18,20H2,1H3/b24-17-/t28-,29+,30-,32-/m1/s1. The minimum atomic E-state index is -1.10. The molecule has 9 nitrogen and oxygen atoms in total. The molecule has 1 aliphatic carbocycles. The van der Waals surface area contributed by atoms with Crippen LogP contribution in [0.15, 0.2) is 90.0 Å². The lowest BCUT2D eigenvalue weighted by atomic mass is 9.58. The zero-order valence-electron chi connectivity index (χ0n) is 24.3. The number of hydrogen-bond acceptors (Lipinski definition) is 7. The van der Waals surface area contributed by atoms with Crippen molar-refractivity contribution in [2.45, 2.75) is 45.0 Å². The molecule has 10 heteroatoms. The van der Waals surface area contributed by atoms with Crippen LogP contribution in [0.2, 0.25) is 6.32 Å². The Morgan fingerprint density at radius 2 is 1.80 bits per heavy atom. The molecule has 0 bridgehead atoms. The molecule has 3 aromatic rings. The lowest BCUT2D eigenvalue weighted by Crippen LogP contribution is -2.46. The second-order valence-electron chi connectivity index (χ2n) is 11.6. The van der Waals surface area contributed by atoms with Gasteiger partial charge in [-0.3, -0.25) is 19.7 Å². The number of allylic oxidation sites excluding steroid dienone is 2. The van der Waals surface area contributed by atoms with E-state index in [0.717, 1.165) is 32.7 Å². The van der Waals surface area contributed by atoms with Crippen molar-refractivity contribution in [3.8, 4) is 5.75 Å². The number of rotatable bonds is 8. The van der Waals surface area contributed by atoms with Gasteiger partial charge in [-0.15, -0.1) is 0 Å². The van der Waals surface area contributed by atoms with Crippen LogP contribution >= 0.6 is 0 Å². The molecule has 0 radical (unpaired) electrons. The number of non-ortho nitro benzene ring substituents is 1. The molecule has 6 rings (SSSR count). The average Bonchev–Trinajstić information content (AvgIpc) is 3.28. The Morgan fingerprint density at radius 3 is 2.50 bits per heavy atom. The number of anilines is 1. The number of nitro groups is 1. The van der Waals surface area contributed by atoms with E-state index in [-0.39, 0.29) is 41.2 Å². The Hall–Kier alpha value is -4.54. The van der Waals surface area contributed by atoms with Crippen LogP contribution in [0.4, 0.5) is 11.4 Å². The van der Waals surface area contributed by atoms with Crippen molar-refractivity contribution in [1.29, 1.82) is 0 Å². The number of carbonyl (C=O) groups is 2. The Kier molecular flexibility index (Phi) is 8.20. The first-order valence-corrected chi connectivity index (χ1v) is 15.0. The zero-order chi connectivity index (χ0) is 31.0. The predicted octanol–water partition coefficient (Wildman–Crippen LogP) is 6.03. The number of nitro benzene ring substituents is 1. The van der Waals surface area contributed by atoms with Gasteiger partial charge in [-0.05, 0) is 78.4 Å². The molecule has 2 heterocycles. The van der Waals surface area contributed by atoms with Gasteiger partial charge in [-0.1, -0.05) is 67.1 Å². The molecule has 4 atom stereocenters. The van der Waals surface area contributed by atoms with Crippen LogP contribution in [0.3, 0.4) is 0 Å². The molecule has 0 spiro atoms. The quantitative estimate of drug-likeness (QED) is 0.0816. The number of carbonyl (C=O) groups excluding carboxylic acids is 2. The highest BCUT2D eigenvalue weighted by Crippen LogP contribution is 2.52. The van der Waals surface area contributed by atoms with Crippen LogP contribution in [0, 0.1) is 27.9 Å². The van der Waals surface area contributed by atoms with E-state index < -0.39 is 30.0 Å². The number of phenolic OH excluding ortho intramolecular Hbond substituents is 1. The number of nitrogens with zero attached hydrogens (tertiary/aromatic N) is 2. The molecule has 2 fully saturated rings. The van der Waals surface area contributed by atoms with Crippen LogP contribution in [-0.2, 0) is 14.2 Å². The Bertz CT molecular complexity index is 1650. The summed E-state index contributed by atoms with van der Waals surface area (Å²) in [5, 5.41) is 32.0. The van der Waals surface area contributed by atoms with Gasteiger partial charge in [0.1, 0.15) is 5.75 Å². The van der Waals surface area contributed by atoms with Gasteiger partial charge < -0.3 is 14.8 Å². The van der Waals surface area contributed by atoms with E-state index in [4.69, 9.17) is 4.65 Å². The molecule has 3 aromatic carbocycles. The number of aromatic hydroxyl groups is 1. The summed E-state index contributed by atoms with van der Waals surface area (Å²) >= 11 is 0. The van der Waals surface area contributed by atoms with Gasteiger partial charge in [0.2, 0.25) is 11.8 Å². The maximum atomic E-state index is 13.9. The second-order valence-corrected chi connectivity index (χ2v) is 11.6. The van der Waals surface area contributed by atoms with Crippen molar-refractivity contribution in [3.05, 3.63) is 111 Å². The minimum Gasteiger partial charge on any atom is -0.508 e. The summed E-state index contributed by atoms with van der Waals surface area (Å²) in [4.78, 5) is 39.6. The third kappa shape index (κ3) is 5.58. The largest absolute Gasteiger partial charge is 0.508 e. The molecule has 44 heavy (non-hydrogen) atoms. The van der Waals surface area contributed by atoms with E-state index in [0.29, 0.717) is 25.7 Å². The fraction of sp³-hybridized carbons (Fsp3) is 0.294. The lowest BCUT2D eigenvalue weighted by molar-refractivity contribution is -0.384. The number of amides is 2. The van der Waals surface area contributed by atoms with E-state index >= 15 is 0 Å². The van der Waals surface area contributed by atoms with Crippen molar-refractivity contribution < 1.29 is 29.3 Å². The summed E-state index contributed by atoms with van der Waals surface area (Å²) in [5.74, 6) is -2.19. The summed E-state index contributed by atoms with van der Waals surface area (Å²) < 4.78 is 6.16. The molecule has 0 aromatic heterocycles. The van der Waals surface area contributed by atoms with Gasteiger partial charge in [-0.2, -0.15) is 0 Å². The van der Waals surface area contributed by atoms with Crippen LogP contribution in [0.25, 0.3) is 11.6 Å².